The first-order valence-electron chi connectivity index (χ1n) is 10.8. The van der Waals surface area contributed by atoms with Crippen molar-refractivity contribution in [3.05, 3.63) is 69.6 Å². The molecule has 2 heterocycles. The van der Waals surface area contributed by atoms with Crippen molar-refractivity contribution in [2.45, 2.75) is 39.2 Å². The molecule has 3 N–H and O–H groups in total. The highest BCUT2D eigenvalue weighted by molar-refractivity contribution is 9.10. The van der Waals surface area contributed by atoms with E-state index >= 15 is 0 Å². The van der Waals surface area contributed by atoms with E-state index < -0.39 is 11.9 Å². The fourth-order valence-corrected chi connectivity index (χ4v) is 4.10. The van der Waals surface area contributed by atoms with Crippen molar-refractivity contribution in [1.82, 2.24) is 20.1 Å². The molecule has 0 unspecified atom stereocenters. The molecule has 1 aromatic carbocycles. The molecule has 174 valence electrons. The number of carboxylic acids is 2. The predicted octanol–water partition coefficient (Wildman–Crippen LogP) is 3.82. The fraction of sp³-hybridized carbons (Fsp3) is 0.333. The highest BCUT2D eigenvalue weighted by Gasteiger charge is 2.27. The number of nitrogens with one attached hydrogen (secondary N) is 1. The summed E-state index contributed by atoms with van der Waals surface area (Å²) in [5.41, 5.74) is 5.42. The smallest absolute Gasteiger partial charge is 0.354 e. The summed E-state index contributed by atoms with van der Waals surface area (Å²) in [6.45, 7) is 3.38. The predicted molar refractivity (Wildman–Crippen MR) is 128 cm³/mol. The third-order valence-corrected chi connectivity index (χ3v) is 5.81. The van der Waals surface area contributed by atoms with Gasteiger partial charge in [0.2, 0.25) is 0 Å². The number of aromatic nitrogens is 3. The maximum Gasteiger partial charge on any atom is 0.354 e. The zero-order valence-electron chi connectivity index (χ0n) is 18.4. The molecule has 9 heteroatoms. The molecule has 0 saturated heterocycles. The average molecular weight is 515 g/mol. The number of aryl methyl sites for hydroxylation is 2. The van der Waals surface area contributed by atoms with E-state index in [1.54, 1.807) is 10.9 Å². The van der Waals surface area contributed by atoms with Crippen molar-refractivity contribution in [3.63, 3.8) is 0 Å². The van der Waals surface area contributed by atoms with Gasteiger partial charge in [0, 0.05) is 41.5 Å². The van der Waals surface area contributed by atoms with Gasteiger partial charge in [-0.3, -0.25) is 14.5 Å². The van der Waals surface area contributed by atoms with Gasteiger partial charge in [0.15, 0.2) is 0 Å². The van der Waals surface area contributed by atoms with Gasteiger partial charge in [-0.1, -0.05) is 28.1 Å². The number of pyridine rings is 1. The standard InChI is InChI=1S/C22H23BrN4O2.C2H4O2/c23-17-5-2-15(3-6-17)8-11-24-10-1-13-27-21(22(28)29)19-7-4-16-14-25-12-9-18(16)20(19)26-27;1-2(3)4/h2-3,5-6,9,12,14,24H,1,4,7-8,10-11,13H2,(H,28,29);1H3,(H,3,4). The first-order valence-corrected chi connectivity index (χ1v) is 11.6. The van der Waals surface area contributed by atoms with Crippen LogP contribution in [0, 0.1) is 0 Å². The SMILES string of the molecule is CC(=O)O.O=C(O)c1c2c(nn1CCCNCCc1ccc(Br)cc1)-c1ccncc1CC2. The summed E-state index contributed by atoms with van der Waals surface area (Å²) in [6.07, 6.45) is 6.88. The zero-order chi connectivity index (χ0) is 23.8. The minimum absolute atomic E-state index is 0.331. The van der Waals surface area contributed by atoms with E-state index in [0.29, 0.717) is 18.7 Å². The monoisotopic (exact) mass is 514 g/mol. The summed E-state index contributed by atoms with van der Waals surface area (Å²) in [6, 6.07) is 10.3. The number of nitrogens with zero attached hydrogens (tertiary/aromatic N) is 3. The number of halogens is 1. The molecule has 1 aliphatic carbocycles. The summed E-state index contributed by atoms with van der Waals surface area (Å²) in [7, 11) is 0. The normalized spacial score (nSPS) is 11.7. The van der Waals surface area contributed by atoms with Crippen molar-refractivity contribution in [1.29, 1.82) is 0 Å². The van der Waals surface area contributed by atoms with Crippen molar-refractivity contribution >= 4 is 27.9 Å². The van der Waals surface area contributed by atoms with Gasteiger partial charge in [0.1, 0.15) is 5.69 Å². The maximum absolute atomic E-state index is 11.9. The van der Waals surface area contributed by atoms with Crippen LogP contribution in [0.15, 0.2) is 47.2 Å². The minimum Gasteiger partial charge on any atom is -0.481 e. The number of fused-ring (bicyclic) bond motifs is 3. The van der Waals surface area contributed by atoms with Crippen LogP contribution in [0.3, 0.4) is 0 Å². The third kappa shape index (κ3) is 6.72. The van der Waals surface area contributed by atoms with Crippen molar-refractivity contribution in [2.24, 2.45) is 0 Å². The minimum atomic E-state index is -0.903. The molecule has 4 rings (SSSR count). The summed E-state index contributed by atoms with van der Waals surface area (Å²) >= 11 is 3.45. The molecule has 0 aliphatic heterocycles. The molecule has 1 aliphatic rings. The molecular weight excluding hydrogens is 488 g/mol. The van der Waals surface area contributed by atoms with Crippen LogP contribution in [0.4, 0.5) is 0 Å². The maximum atomic E-state index is 11.9. The topological polar surface area (TPSA) is 117 Å². The Morgan fingerprint density at radius 2 is 1.85 bits per heavy atom. The van der Waals surface area contributed by atoms with Gasteiger partial charge in [-0.05, 0) is 68.1 Å². The number of carboxylic acid groups (broad SMARTS) is 2. The van der Waals surface area contributed by atoms with Gasteiger partial charge in [0.05, 0.1) is 5.69 Å². The second-order valence-corrected chi connectivity index (χ2v) is 8.65. The molecule has 0 saturated carbocycles. The first kappa shape index (κ1) is 24.6. The molecule has 0 bridgehead atoms. The summed E-state index contributed by atoms with van der Waals surface area (Å²) < 4.78 is 2.75. The van der Waals surface area contributed by atoms with Gasteiger partial charge in [0.25, 0.3) is 5.97 Å². The summed E-state index contributed by atoms with van der Waals surface area (Å²) in [4.78, 5) is 25.1. The lowest BCUT2D eigenvalue weighted by Gasteiger charge is -2.14. The Labute approximate surface area is 200 Å². The number of rotatable bonds is 8. The quantitative estimate of drug-likeness (QED) is 0.391. The van der Waals surface area contributed by atoms with Gasteiger partial charge in [-0.2, -0.15) is 5.10 Å². The molecule has 0 atom stereocenters. The number of carbonyl (C=O) groups is 2. The van der Waals surface area contributed by atoms with Crippen molar-refractivity contribution in [3.8, 4) is 11.3 Å². The van der Waals surface area contributed by atoms with Crippen molar-refractivity contribution in [2.75, 3.05) is 13.1 Å². The van der Waals surface area contributed by atoms with E-state index in [1.165, 1.54) is 5.56 Å². The summed E-state index contributed by atoms with van der Waals surface area (Å²) in [5.74, 6) is -1.74. The molecular formula is C24H27BrN4O4. The van der Waals surface area contributed by atoms with E-state index in [9.17, 15) is 9.90 Å². The number of hydrogen-bond donors (Lipinski definition) is 3. The molecule has 8 nitrogen and oxygen atoms in total. The molecule has 2 aromatic heterocycles. The van der Waals surface area contributed by atoms with Crippen LogP contribution in [-0.4, -0.2) is 50.0 Å². The van der Waals surface area contributed by atoms with E-state index in [4.69, 9.17) is 9.90 Å². The summed E-state index contributed by atoms with van der Waals surface area (Å²) in [5, 5.41) is 25.3. The third-order valence-electron chi connectivity index (χ3n) is 5.28. The molecule has 3 aromatic rings. The van der Waals surface area contributed by atoms with Crippen LogP contribution in [0.25, 0.3) is 11.3 Å². The average Bonchev–Trinajstić information content (AvgIpc) is 3.16. The number of aromatic carboxylic acids is 1. The lowest BCUT2D eigenvalue weighted by atomic mass is 9.90. The van der Waals surface area contributed by atoms with Crippen molar-refractivity contribution < 1.29 is 19.8 Å². The number of benzene rings is 1. The Balaban J connectivity index is 0.000000709. The van der Waals surface area contributed by atoms with Gasteiger partial charge in [-0.25, -0.2) is 4.79 Å². The second-order valence-electron chi connectivity index (χ2n) is 7.74. The van der Waals surface area contributed by atoms with E-state index in [-0.39, 0.29) is 0 Å². The van der Waals surface area contributed by atoms with Crippen LogP contribution in [0.2, 0.25) is 0 Å². The molecule has 0 radical (unpaired) electrons. The second kappa shape index (κ2) is 11.7. The first-order chi connectivity index (χ1) is 15.9. The molecule has 0 spiro atoms. The largest absolute Gasteiger partial charge is 0.481 e. The molecule has 33 heavy (non-hydrogen) atoms. The molecule has 0 amide bonds. The van der Waals surface area contributed by atoms with Gasteiger partial charge < -0.3 is 15.5 Å². The van der Waals surface area contributed by atoms with E-state index in [1.807, 2.05) is 12.3 Å². The Bertz CT molecular complexity index is 1110. The highest BCUT2D eigenvalue weighted by Crippen LogP contribution is 2.34. The highest BCUT2D eigenvalue weighted by atomic mass is 79.9. The molecule has 0 fully saturated rings. The van der Waals surface area contributed by atoms with Crippen LogP contribution in [0.1, 0.15) is 40.5 Å². The van der Waals surface area contributed by atoms with Crippen LogP contribution < -0.4 is 5.32 Å². The Morgan fingerprint density at radius 1 is 1.12 bits per heavy atom. The van der Waals surface area contributed by atoms with Gasteiger partial charge in [-0.15, -0.1) is 0 Å². The van der Waals surface area contributed by atoms with Crippen LogP contribution in [0.5, 0.6) is 0 Å². The Morgan fingerprint density at radius 3 is 2.55 bits per heavy atom. The van der Waals surface area contributed by atoms with E-state index in [2.05, 4.69) is 55.6 Å². The fourth-order valence-electron chi connectivity index (χ4n) is 3.83. The number of aliphatic carboxylic acids is 1. The lowest BCUT2D eigenvalue weighted by molar-refractivity contribution is -0.134. The zero-order valence-corrected chi connectivity index (χ0v) is 20.0. The van der Waals surface area contributed by atoms with Crippen LogP contribution in [-0.2, 0) is 30.6 Å². The van der Waals surface area contributed by atoms with Crippen LogP contribution >= 0.6 is 15.9 Å². The van der Waals surface area contributed by atoms with E-state index in [0.717, 1.165) is 66.1 Å². The number of hydrogen-bond acceptors (Lipinski definition) is 5. The van der Waals surface area contributed by atoms with Gasteiger partial charge >= 0.3 is 5.97 Å². The lowest BCUT2D eigenvalue weighted by Crippen LogP contribution is -2.21. The Kier molecular flexibility index (Phi) is 8.73. The Hall–Kier alpha value is -3.04.